The molecule has 1 aliphatic carbocycles. The molecule has 1 atom stereocenters. The Kier molecular flexibility index (Phi) is 4.99. The number of nitrogens with zero attached hydrogens (tertiary/aromatic N) is 4. The van der Waals surface area contributed by atoms with E-state index in [-0.39, 0.29) is 5.91 Å². The number of nitrogens with one attached hydrogen (secondary N) is 2. The first-order valence-corrected chi connectivity index (χ1v) is 13.1. The van der Waals surface area contributed by atoms with E-state index in [1.165, 1.54) is 27.3 Å². The summed E-state index contributed by atoms with van der Waals surface area (Å²) in [4.78, 5) is 21.8. The molecule has 3 aliphatic rings. The Balaban J connectivity index is 1.18. The van der Waals surface area contributed by atoms with Crippen LogP contribution < -0.4 is 10.4 Å². The van der Waals surface area contributed by atoms with Gasteiger partial charge in [0.25, 0.3) is 5.91 Å². The Morgan fingerprint density at radius 3 is 2.89 bits per heavy atom. The molecule has 8 nitrogen and oxygen atoms in total. The van der Waals surface area contributed by atoms with Gasteiger partial charge in [0.05, 0.1) is 46.9 Å². The monoisotopic (exact) mass is 498 g/mol. The van der Waals surface area contributed by atoms with Gasteiger partial charge in [-0.05, 0) is 36.8 Å². The van der Waals surface area contributed by atoms with Crippen molar-refractivity contribution in [1.82, 2.24) is 25.5 Å². The SMILES string of the molecule is CC1NN(C)c2cc(-c3n[nH]c4c3Cc3sc(-c5cc(C(=O)N6CCOCC6)ccn5)cc3-4)ccc21. The smallest absolute Gasteiger partial charge is 0.254 e. The van der Waals surface area contributed by atoms with Gasteiger partial charge >= 0.3 is 0 Å². The lowest BCUT2D eigenvalue weighted by Crippen LogP contribution is -2.40. The summed E-state index contributed by atoms with van der Waals surface area (Å²) in [5, 5.41) is 10.1. The van der Waals surface area contributed by atoms with Crippen molar-refractivity contribution < 1.29 is 9.53 Å². The van der Waals surface area contributed by atoms with Gasteiger partial charge in [-0.2, -0.15) is 5.10 Å². The Morgan fingerprint density at radius 1 is 1.17 bits per heavy atom. The highest BCUT2D eigenvalue weighted by atomic mass is 32.1. The molecule has 1 aromatic carbocycles. The summed E-state index contributed by atoms with van der Waals surface area (Å²) in [5.74, 6) is 0.0381. The van der Waals surface area contributed by atoms with Crippen LogP contribution in [0.1, 0.15) is 39.3 Å². The number of thiophene rings is 1. The van der Waals surface area contributed by atoms with Gasteiger partial charge < -0.3 is 14.6 Å². The number of rotatable bonds is 3. The van der Waals surface area contributed by atoms with E-state index in [1.54, 1.807) is 23.6 Å². The molecular weight excluding hydrogens is 472 g/mol. The fourth-order valence-corrected chi connectivity index (χ4v) is 6.63. The van der Waals surface area contributed by atoms with Crippen LogP contribution >= 0.6 is 11.3 Å². The third kappa shape index (κ3) is 3.38. The third-order valence-corrected chi connectivity index (χ3v) is 8.52. The molecule has 9 heteroatoms. The van der Waals surface area contributed by atoms with Crippen molar-refractivity contribution >= 4 is 22.9 Å². The second kappa shape index (κ2) is 8.26. The average molecular weight is 499 g/mol. The molecule has 1 amide bonds. The molecule has 1 saturated heterocycles. The van der Waals surface area contributed by atoms with E-state index in [0.717, 1.165) is 33.9 Å². The second-order valence-corrected chi connectivity index (χ2v) is 10.7. The lowest BCUT2D eigenvalue weighted by Gasteiger charge is -2.26. The van der Waals surface area contributed by atoms with Crippen LogP contribution in [0.2, 0.25) is 0 Å². The predicted octanol–water partition coefficient (Wildman–Crippen LogP) is 4.26. The Hall–Kier alpha value is -3.53. The molecule has 36 heavy (non-hydrogen) atoms. The van der Waals surface area contributed by atoms with E-state index in [9.17, 15) is 4.79 Å². The van der Waals surface area contributed by atoms with Gasteiger partial charge in [-0.3, -0.25) is 14.9 Å². The molecule has 2 aliphatic heterocycles. The molecule has 0 spiro atoms. The number of hydrogen-bond donors (Lipinski definition) is 2. The minimum Gasteiger partial charge on any atom is -0.378 e. The fourth-order valence-electron chi connectivity index (χ4n) is 5.48. The van der Waals surface area contributed by atoms with Crippen LogP contribution in [0.4, 0.5) is 5.69 Å². The van der Waals surface area contributed by atoms with E-state index in [1.807, 2.05) is 11.0 Å². The van der Waals surface area contributed by atoms with Crippen molar-refractivity contribution in [3.63, 3.8) is 0 Å². The third-order valence-electron chi connectivity index (χ3n) is 7.36. The zero-order valence-corrected chi connectivity index (χ0v) is 21.0. The molecule has 7 rings (SSSR count). The highest BCUT2D eigenvalue weighted by Gasteiger charge is 2.30. The number of hydrazine groups is 1. The fraction of sp³-hybridized carbons (Fsp3) is 0.296. The van der Waals surface area contributed by atoms with Crippen molar-refractivity contribution in [2.24, 2.45) is 0 Å². The number of benzene rings is 1. The quantitative estimate of drug-likeness (QED) is 0.387. The molecular formula is C27H26N6O2S. The molecule has 182 valence electrons. The number of morpholine rings is 1. The number of H-pyrrole nitrogens is 1. The number of anilines is 1. The molecule has 2 N–H and O–H groups in total. The highest BCUT2D eigenvalue weighted by Crippen LogP contribution is 2.47. The van der Waals surface area contributed by atoms with Crippen LogP contribution in [0.25, 0.3) is 33.1 Å². The number of carbonyl (C=O) groups excluding carboxylic acids is 1. The van der Waals surface area contributed by atoms with Crippen LogP contribution in [-0.4, -0.2) is 59.3 Å². The van der Waals surface area contributed by atoms with Gasteiger partial charge in [-0.15, -0.1) is 11.3 Å². The number of amides is 1. The molecule has 4 aromatic rings. The standard InChI is InChI=1S/C27H26N6O2S/c1-15-18-4-3-16(12-22(18)32(2)31-15)25-20-14-23-19(26(20)30-29-25)13-24(36-23)21-11-17(5-6-28-21)27(34)33-7-9-35-10-8-33/h3-6,11-13,15,31H,7-10,14H2,1-2H3,(H,29,30). The number of carbonyl (C=O) groups is 1. The number of ether oxygens (including phenoxy) is 1. The van der Waals surface area contributed by atoms with Crippen molar-refractivity contribution in [3.8, 4) is 33.1 Å². The van der Waals surface area contributed by atoms with Crippen LogP contribution in [0.15, 0.2) is 42.6 Å². The van der Waals surface area contributed by atoms with E-state index in [2.05, 4.69) is 58.8 Å². The predicted molar refractivity (Wildman–Crippen MR) is 140 cm³/mol. The van der Waals surface area contributed by atoms with Gasteiger partial charge in [0, 0.05) is 59.9 Å². The van der Waals surface area contributed by atoms with Gasteiger partial charge in [0.1, 0.15) is 0 Å². The maximum atomic E-state index is 13.0. The Morgan fingerprint density at radius 2 is 2.03 bits per heavy atom. The number of aromatic amines is 1. The average Bonchev–Trinajstić information content (AvgIpc) is 3.65. The highest BCUT2D eigenvalue weighted by molar-refractivity contribution is 7.16. The molecule has 3 aromatic heterocycles. The first-order valence-electron chi connectivity index (χ1n) is 12.2. The van der Waals surface area contributed by atoms with Crippen LogP contribution in [0, 0.1) is 0 Å². The zero-order valence-electron chi connectivity index (χ0n) is 20.2. The van der Waals surface area contributed by atoms with Crippen molar-refractivity contribution in [3.05, 3.63) is 64.2 Å². The van der Waals surface area contributed by atoms with Crippen molar-refractivity contribution in [2.75, 3.05) is 38.4 Å². The van der Waals surface area contributed by atoms with Crippen molar-refractivity contribution in [2.45, 2.75) is 19.4 Å². The molecule has 1 unspecified atom stereocenters. The van der Waals surface area contributed by atoms with Crippen LogP contribution in [-0.2, 0) is 11.2 Å². The normalized spacial score (nSPS) is 18.3. The summed E-state index contributed by atoms with van der Waals surface area (Å²) in [6.45, 7) is 4.62. The molecule has 1 fully saturated rings. The van der Waals surface area contributed by atoms with Gasteiger partial charge in [-0.25, -0.2) is 5.43 Å². The van der Waals surface area contributed by atoms with Gasteiger partial charge in [0.2, 0.25) is 0 Å². The number of fused-ring (bicyclic) bond motifs is 4. The summed E-state index contributed by atoms with van der Waals surface area (Å²) < 4.78 is 5.38. The first-order chi connectivity index (χ1) is 17.6. The van der Waals surface area contributed by atoms with E-state index < -0.39 is 0 Å². The topological polar surface area (TPSA) is 86.4 Å². The Labute approximate surface area is 212 Å². The van der Waals surface area contributed by atoms with E-state index in [4.69, 9.17) is 9.84 Å². The molecule has 0 radical (unpaired) electrons. The molecule has 0 saturated carbocycles. The Bertz CT molecular complexity index is 1500. The minimum atomic E-state index is 0.0381. The van der Waals surface area contributed by atoms with Crippen LogP contribution in [0.5, 0.6) is 0 Å². The first kappa shape index (κ1) is 21.7. The summed E-state index contributed by atoms with van der Waals surface area (Å²) in [6.07, 6.45) is 2.57. The maximum Gasteiger partial charge on any atom is 0.254 e. The maximum absolute atomic E-state index is 13.0. The zero-order chi connectivity index (χ0) is 24.4. The van der Waals surface area contributed by atoms with E-state index in [0.29, 0.717) is 37.9 Å². The van der Waals surface area contributed by atoms with Crippen molar-refractivity contribution in [1.29, 1.82) is 0 Å². The lowest BCUT2D eigenvalue weighted by atomic mass is 10.0. The summed E-state index contributed by atoms with van der Waals surface area (Å²) in [5.41, 5.74) is 13.1. The summed E-state index contributed by atoms with van der Waals surface area (Å²) >= 11 is 1.74. The number of pyridine rings is 1. The lowest BCUT2D eigenvalue weighted by molar-refractivity contribution is 0.0303. The second-order valence-electron chi connectivity index (χ2n) is 9.57. The number of hydrogen-bond acceptors (Lipinski definition) is 7. The van der Waals surface area contributed by atoms with Gasteiger partial charge in [-0.1, -0.05) is 12.1 Å². The minimum absolute atomic E-state index is 0.0381. The largest absolute Gasteiger partial charge is 0.378 e. The summed E-state index contributed by atoms with van der Waals surface area (Å²) in [6, 6.07) is 12.8. The number of aromatic nitrogens is 3. The molecule has 0 bridgehead atoms. The van der Waals surface area contributed by atoms with E-state index >= 15 is 0 Å². The molecule has 5 heterocycles. The van der Waals surface area contributed by atoms with Crippen LogP contribution in [0.3, 0.4) is 0 Å². The summed E-state index contributed by atoms with van der Waals surface area (Å²) in [7, 11) is 2.05. The van der Waals surface area contributed by atoms with Gasteiger partial charge in [0.15, 0.2) is 0 Å².